The minimum Gasteiger partial charge on any atom is -0.326 e. The molecule has 2 N–H and O–H groups in total. The van der Waals surface area contributed by atoms with Crippen molar-refractivity contribution in [3.63, 3.8) is 0 Å². The zero-order valence-corrected chi connectivity index (χ0v) is 10.9. The monoisotopic (exact) mass is 239 g/mol. The van der Waals surface area contributed by atoms with Gasteiger partial charge in [-0.15, -0.1) is 0 Å². The van der Waals surface area contributed by atoms with E-state index in [1.165, 1.54) is 6.07 Å². The van der Waals surface area contributed by atoms with E-state index in [9.17, 15) is 4.39 Å². The maximum Gasteiger partial charge on any atom is 0.127 e. The number of rotatable bonds is 6. The van der Waals surface area contributed by atoms with E-state index >= 15 is 0 Å². The van der Waals surface area contributed by atoms with E-state index in [1.807, 2.05) is 27.2 Å². The van der Waals surface area contributed by atoms with E-state index in [0.717, 1.165) is 18.7 Å². The number of halogens is 1. The molecule has 0 unspecified atom stereocenters. The van der Waals surface area contributed by atoms with Gasteiger partial charge in [-0.05, 0) is 32.8 Å². The first kappa shape index (κ1) is 14.1. The van der Waals surface area contributed by atoms with Crippen LogP contribution in [0.5, 0.6) is 0 Å². The lowest BCUT2D eigenvalue weighted by atomic mass is 10.1. The Morgan fingerprint density at radius 1 is 1.18 bits per heavy atom. The lowest BCUT2D eigenvalue weighted by Crippen LogP contribution is -2.28. The maximum atomic E-state index is 13.6. The lowest BCUT2D eigenvalue weighted by molar-refractivity contribution is 0.273. The second-order valence-electron chi connectivity index (χ2n) is 4.67. The lowest BCUT2D eigenvalue weighted by Gasteiger charge is -2.19. The molecule has 0 fully saturated rings. The smallest absolute Gasteiger partial charge is 0.127 e. The van der Waals surface area contributed by atoms with Gasteiger partial charge in [0.2, 0.25) is 0 Å². The summed E-state index contributed by atoms with van der Waals surface area (Å²) in [4.78, 5) is 4.22. The van der Waals surface area contributed by atoms with Gasteiger partial charge in [0.1, 0.15) is 5.82 Å². The van der Waals surface area contributed by atoms with Crippen molar-refractivity contribution in [1.29, 1.82) is 0 Å². The zero-order valence-electron chi connectivity index (χ0n) is 10.9. The van der Waals surface area contributed by atoms with Crippen LogP contribution in [0, 0.1) is 5.82 Å². The highest BCUT2D eigenvalue weighted by atomic mass is 19.1. The second kappa shape index (κ2) is 6.69. The van der Waals surface area contributed by atoms with Crippen LogP contribution in [0.25, 0.3) is 0 Å². The Bertz CT molecular complexity index is 353. The first-order chi connectivity index (χ1) is 8.02. The third-order valence-electron chi connectivity index (χ3n) is 2.72. The molecule has 0 aliphatic carbocycles. The fourth-order valence-electron chi connectivity index (χ4n) is 1.62. The predicted octanol–water partition coefficient (Wildman–Crippen LogP) is 1.28. The summed E-state index contributed by atoms with van der Waals surface area (Å²) in [6.45, 7) is 2.95. The minimum atomic E-state index is -0.154. The Balaban J connectivity index is 2.60. The highest BCUT2D eigenvalue weighted by Gasteiger charge is 2.06. The molecule has 0 aliphatic heterocycles. The van der Waals surface area contributed by atoms with Crippen LogP contribution in [-0.2, 0) is 13.1 Å². The van der Waals surface area contributed by atoms with Crippen LogP contribution in [0.3, 0.4) is 0 Å². The molecule has 0 aromatic heterocycles. The molecule has 0 atom stereocenters. The van der Waals surface area contributed by atoms with Gasteiger partial charge in [0.05, 0.1) is 0 Å². The number of hydrogen-bond donors (Lipinski definition) is 1. The number of likely N-dealkylation sites (N-methyl/N-ethyl adjacent to an activating group) is 2. The summed E-state index contributed by atoms with van der Waals surface area (Å²) in [5.41, 5.74) is 7.25. The van der Waals surface area contributed by atoms with Gasteiger partial charge in [-0.2, -0.15) is 0 Å². The minimum absolute atomic E-state index is 0.154. The van der Waals surface area contributed by atoms with Crippen LogP contribution in [0.15, 0.2) is 18.2 Å². The third-order valence-corrected chi connectivity index (χ3v) is 2.72. The average molecular weight is 239 g/mol. The molecule has 3 nitrogen and oxygen atoms in total. The van der Waals surface area contributed by atoms with Crippen LogP contribution in [0.2, 0.25) is 0 Å². The normalized spacial score (nSPS) is 11.5. The summed E-state index contributed by atoms with van der Waals surface area (Å²) in [7, 11) is 6.06. The number of benzene rings is 1. The molecule has 0 saturated carbocycles. The van der Waals surface area contributed by atoms with Crippen molar-refractivity contribution in [1.82, 2.24) is 9.80 Å². The number of nitrogens with two attached hydrogens (primary N) is 1. The number of hydrogen-bond acceptors (Lipinski definition) is 3. The molecule has 0 radical (unpaired) electrons. The largest absolute Gasteiger partial charge is 0.326 e. The van der Waals surface area contributed by atoms with Crippen LogP contribution in [0.4, 0.5) is 4.39 Å². The summed E-state index contributed by atoms with van der Waals surface area (Å²) in [5, 5.41) is 0. The molecule has 0 bridgehead atoms. The third kappa shape index (κ3) is 4.81. The van der Waals surface area contributed by atoms with E-state index in [0.29, 0.717) is 18.7 Å². The van der Waals surface area contributed by atoms with Crippen molar-refractivity contribution in [2.45, 2.75) is 13.1 Å². The van der Waals surface area contributed by atoms with Crippen molar-refractivity contribution in [2.24, 2.45) is 5.73 Å². The summed E-state index contributed by atoms with van der Waals surface area (Å²) in [6.07, 6.45) is 0. The highest BCUT2D eigenvalue weighted by molar-refractivity contribution is 5.24. The first-order valence-electron chi connectivity index (χ1n) is 5.83. The summed E-state index contributed by atoms with van der Waals surface area (Å²) in [6, 6.07) is 5.08. The van der Waals surface area contributed by atoms with Gasteiger partial charge in [0.25, 0.3) is 0 Å². The molecule has 0 aliphatic rings. The van der Waals surface area contributed by atoms with Crippen molar-refractivity contribution < 1.29 is 4.39 Å². The summed E-state index contributed by atoms with van der Waals surface area (Å²) >= 11 is 0. The molecular formula is C13H22FN3. The van der Waals surface area contributed by atoms with Crippen molar-refractivity contribution >= 4 is 0 Å². The number of nitrogens with zero attached hydrogens (tertiary/aromatic N) is 2. The highest BCUT2D eigenvalue weighted by Crippen LogP contribution is 2.12. The fourth-order valence-corrected chi connectivity index (χ4v) is 1.62. The molecule has 0 saturated heterocycles. The summed E-state index contributed by atoms with van der Waals surface area (Å²) < 4.78 is 13.6. The van der Waals surface area contributed by atoms with Crippen LogP contribution in [-0.4, -0.2) is 44.0 Å². The quantitative estimate of drug-likeness (QED) is 0.811. The van der Waals surface area contributed by atoms with Gasteiger partial charge in [-0.1, -0.05) is 12.1 Å². The molecule has 0 heterocycles. The Hall–Kier alpha value is -0.970. The van der Waals surface area contributed by atoms with E-state index in [1.54, 1.807) is 6.07 Å². The van der Waals surface area contributed by atoms with Gasteiger partial charge in [-0.25, -0.2) is 4.39 Å². The maximum absolute atomic E-state index is 13.6. The molecule has 1 rings (SSSR count). The molecule has 0 spiro atoms. The van der Waals surface area contributed by atoms with Gasteiger partial charge < -0.3 is 15.5 Å². The zero-order chi connectivity index (χ0) is 12.8. The van der Waals surface area contributed by atoms with Crippen molar-refractivity contribution in [3.05, 3.63) is 35.1 Å². The Labute approximate surface area is 103 Å². The standard InChI is InChI=1S/C13H22FN3/c1-16(2)6-7-17(3)10-12-8-11(9-15)4-5-13(12)14/h4-5,8H,6-7,9-10,15H2,1-3H3. The van der Waals surface area contributed by atoms with Crippen molar-refractivity contribution in [3.8, 4) is 0 Å². The van der Waals surface area contributed by atoms with E-state index in [4.69, 9.17) is 5.73 Å². The first-order valence-corrected chi connectivity index (χ1v) is 5.83. The molecule has 4 heteroatoms. The van der Waals surface area contributed by atoms with Crippen molar-refractivity contribution in [2.75, 3.05) is 34.2 Å². The van der Waals surface area contributed by atoms with E-state index < -0.39 is 0 Å². The topological polar surface area (TPSA) is 32.5 Å². The van der Waals surface area contributed by atoms with E-state index in [2.05, 4.69) is 9.80 Å². The average Bonchev–Trinajstić information content (AvgIpc) is 2.29. The molecule has 1 aromatic carbocycles. The molecule has 0 amide bonds. The van der Waals surface area contributed by atoms with E-state index in [-0.39, 0.29) is 5.82 Å². The Morgan fingerprint density at radius 2 is 1.88 bits per heavy atom. The molecule has 1 aromatic rings. The van der Waals surface area contributed by atoms with Gasteiger partial charge in [-0.3, -0.25) is 0 Å². The van der Waals surface area contributed by atoms with Gasteiger partial charge in [0, 0.05) is 31.7 Å². The van der Waals surface area contributed by atoms with Crippen LogP contribution < -0.4 is 5.73 Å². The van der Waals surface area contributed by atoms with Gasteiger partial charge in [0.15, 0.2) is 0 Å². The Morgan fingerprint density at radius 3 is 2.47 bits per heavy atom. The van der Waals surface area contributed by atoms with Crippen LogP contribution >= 0.6 is 0 Å². The SMILES string of the molecule is CN(C)CCN(C)Cc1cc(CN)ccc1F. The molecule has 96 valence electrons. The fraction of sp³-hybridized carbons (Fsp3) is 0.538. The Kier molecular flexibility index (Phi) is 5.55. The molecular weight excluding hydrogens is 217 g/mol. The second-order valence-corrected chi connectivity index (χ2v) is 4.67. The molecule has 17 heavy (non-hydrogen) atoms. The van der Waals surface area contributed by atoms with Gasteiger partial charge >= 0.3 is 0 Å². The predicted molar refractivity (Wildman–Crippen MR) is 69.2 cm³/mol. The summed E-state index contributed by atoms with van der Waals surface area (Å²) in [5.74, 6) is -0.154. The van der Waals surface area contributed by atoms with Crippen LogP contribution in [0.1, 0.15) is 11.1 Å².